The number of hydrogen-bond acceptors (Lipinski definition) is 6. The van der Waals surface area contributed by atoms with Crippen LogP contribution in [0.25, 0.3) is 0 Å². The van der Waals surface area contributed by atoms with Gasteiger partial charge in [0.15, 0.2) is 12.4 Å². The predicted octanol–water partition coefficient (Wildman–Crippen LogP) is 2.81. The maximum atomic E-state index is 12.8. The van der Waals surface area contributed by atoms with E-state index in [0.29, 0.717) is 0 Å². The van der Waals surface area contributed by atoms with E-state index >= 15 is 0 Å². The summed E-state index contributed by atoms with van der Waals surface area (Å²) in [4.78, 5) is 24.2. The second-order valence-corrected chi connectivity index (χ2v) is 9.12. The number of benzene rings is 2. The highest BCUT2D eigenvalue weighted by Gasteiger charge is 2.32. The van der Waals surface area contributed by atoms with Crippen LogP contribution in [0.1, 0.15) is 0 Å². The van der Waals surface area contributed by atoms with Crippen molar-refractivity contribution in [1.82, 2.24) is 9.21 Å². The van der Waals surface area contributed by atoms with Crippen LogP contribution in [0.3, 0.4) is 0 Å². The Morgan fingerprint density at radius 2 is 1.77 bits per heavy atom. The fraction of sp³-hybridized carbons (Fsp3) is 0.278. The Labute approximate surface area is 182 Å². The molecule has 30 heavy (non-hydrogen) atoms. The molecule has 0 spiro atoms. The quantitative estimate of drug-likeness (QED) is 0.471. The molecule has 1 aliphatic rings. The van der Waals surface area contributed by atoms with E-state index in [0.717, 1.165) is 0 Å². The van der Waals surface area contributed by atoms with Crippen molar-refractivity contribution in [3.05, 3.63) is 62.6 Å². The minimum Gasteiger partial charge on any atom is -0.477 e. The smallest absolute Gasteiger partial charge is 0.310 e. The highest BCUT2D eigenvalue weighted by atomic mass is 35.5. The summed E-state index contributed by atoms with van der Waals surface area (Å²) in [6, 6.07) is 9.95. The molecule has 0 N–H and O–H groups in total. The molecule has 2 aromatic carbocycles. The maximum absolute atomic E-state index is 12.8. The van der Waals surface area contributed by atoms with Crippen LogP contribution in [0.4, 0.5) is 5.69 Å². The first kappa shape index (κ1) is 22.3. The summed E-state index contributed by atoms with van der Waals surface area (Å²) < 4.78 is 32.2. The zero-order valence-electron chi connectivity index (χ0n) is 15.5. The third-order valence-corrected chi connectivity index (χ3v) is 7.13. The van der Waals surface area contributed by atoms with Gasteiger partial charge in [-0.1, -0.05) is 35.3 Å². The lowest BCUT2D eigenvalue weighted by Gasteiger charge is -2.34. The minimum absolute atomic E-state index is 0.00679. The lowest BCUT2D eigenvalue weighted by Crippen LogP contribution is -2.51. The van der Waals surface area contributed by atoms with Gasteiger partial charge in [-0.05, 0) is 24.3 Å². The fourth-order valence-corrected chi connectivity index (χ4v) is 5.11. The number of halogens is 2. The molecule has 160 valence electrons. The lowest BCUT2D eigenvalue weighted by atomic mass is 10.3. The number of nitrogens with zero attached hydrogens (tertiary/aromatic N) is 3. The van der Waals surface area contributed by atoms with Crippen molar-refractivity contribution in [2.24, 2.45) is 0 Å². The third kappa shape index (κ3) is 4.84. The van der Waals surface area contributed by atoms with Crippen LogP contribution in [-0.4, -0.2) is 61.2 Å². The van der Waals surface area contributed by atoms with E-state index in [9.17, 15) is 23.3 Å². The van der Waals surface area contributed by atoms with Gasteiger partial charge in [-0.25, -0.2) is 8.42 Å². The van der Waals surface area contributed by atoms with Gasteiger partial charge < -0.3 is 9.64 Å². The third-order valence-electron chi connectivity index (χ3n) is 4.52. The Bertz CT molecular complexity index is 1070. The summed E-state index contributed by atoms with van der Waals surface area (Å²) in [5, 5.41) is 11.3. The van der Waals surface area contributed by atoms with Crippen molar-refractivity contribution in [1.29, 1.82) is 0 Å². The Morgan fingerprint density at radius 1 is 1.10 bits per heavy atom. The number of ether oxygens (including phenoxy) is 1. The highest BCUT2D eigenvalue weighted by molar-refractivity contribution is 7.89. The first-order valence-electron chi connectivity index (χ1n) is 8.79. The SMILES string of the molecule is O=C(COc1ccccc1[N+](=O)[O-])N1CCN(S(=O)(=O)c2cc(Cl)ccc2Cl)CC1. The number of sulfonamides is 1. The number of carbonyl (C=O) groups excluding carboxylic acids is 1. The second-order valence-electron chi connectivity index (χ2n) is 6.37. The van der Waals surface area contributed by atoms with Crippen molar-refractivity contribution < 1.29 is 22.9 Å². The van der Waals surface area contributed by atoms with Gasteiger partial charge in [-0.15, -0.1) is 0 Å². The van der Waals surface area contributed by atoms with Gasteiger partial charge in [0, 0.05) is 37.3 Å². The normalized spacial score (nSPS) is 15.1. The van der Waals surface area contributed by atoms with E-state index < -0.39 is 27.5 Å². The monoisotopic (exact) mass is 473 g/mol. The average Bonchev–Trinajstić information content (AvgIpc) is 2.73. The summed E-state index contributed by atoms with van der Waals surface area (Å²) in [5.41, 5.74) is -0.236. The second kappa shape index (κ2) is 9.17. The highest BCUT2D eigenvalue weighted by Crippen LogP contribution is 2.28. The first-order valence-corrected chi connectivity index (χ1v) is 11.0. The van der Waals surface area contributed by atoms with Gasteiger partial charge in [-0.2, -0.15) is 4.31 Å². The molecule has 1 fully saturated rings. The van der Waals surface area contributed by atoms with Crippen LogP contribution in [0, 0.1) is 10.1 Å². The van der Waals surface area contributed by atoms with Crippen molar-refractivity contribution in [3.63, 3.8) is 0 Å². The van der Waals surface area contributed by atoms with Crippen molar-refractivity contribution >= 4 is 44.8 Å². The van der Waals surface area contributed by atoms with Gasteiger partial charge in [0.25, 0.3) is 5.91 Å². The summed E-state index contributed by atoms with van der Waals surface area (Å²) in [6.07, 6.45) is 0. The molecular formula is C18H17Cl2N3O6S. The van der Waals surface area contributed by atoms with Gasteiger partial charge in [0.1, 0.15) is 4.90 Å². The molecule has 3 rings (SSSR count). The Morgan fingerprint density at radius 3 is 2.43 bits per heavy atom. The summed E-state index contributed by atoms with van der Waals surface area (Å²) in [7, 11) is -3.86. The van der Waals surface area contributed by atoms with Crippen molar-refractivity contribution in [2.75, 3.05) is 32.8 Å². The van der Waals surface area contributed by atoms with Crippen LogP contribution in [0.2, 0.25) is 10.0 Å². The molecule has 12 heteroatoms. The van der Waals surface area contributed by atoms with E-state index in [2.05, 4.69) is 0 Å². The molecule has 1 saturated heterocycles. The molecule has 9 nitrogen and oxygen atoms in total. The van der Waals surface area contributed by atoms with Gasteiger partial charge in [0.2, 0.25) is 10.0 Å². The zero-order chi connectivity index (χ0) is 21.9. The van der Waals surface area contributed by atoms with Gasteiger partial charge in [-0.3, -0.25) is 14.9 Å². The number of nitro groups is 1. The van der Waals surface area contributed by atoms with Crippen molar-refractivity contribution in [2.45, 2.75) is 4.90 Å². The van der Waals surface area contributed by atoms with Crippen molar-refractivity contribution in [3.8, 4) is 5.75 Å². The molecule has 1 aliphatic heterocycles. The number of rotatable bonds is 6. The molecule has 0 radical (unpaired) electrons. The molecule has 2 aromatic rings. The van der Waals surface area contributed by atoms with E-state index in [4.69, 9.17) is 27.9 Å². The van der Waals surface area contributed by atoms with E-state index in [-0.39, 0.29) is 52.6 Å². The summed E-state index contributed by atoms with van der Waals surface area (Å²) >= 11 is 11.9. The number of carbonyl (C=O) groups is 1. The van der Waals surface area contributed by atoms with Crippen LogP contribution < -0.4 is 4.74 Å². The number of hydrogen-bond donors (Lipinski definition) is 0. The molecule has 1 heterocycles. The number of para-hydroxylation sites is 2. The van der Waals surface area contributed by atoms with Crippen LogP contribution in [0.5, 0.6) is 5.75 Å². The minimum atomic E-state index is -3.86. The molecule has 0 aromatic heterocycles. The molecule has 0 atom stereocenters. The molecule has 0 unspecified atom stereocenters. The lowest BCUT2D eigenvalue weighted by molar-refractivity contribution is -0.385. The molecular weight excluding hydrogens is 457 g/mol. The Kier molecular flexibility index (Phi) is 6.81. The summed E-state index contributed by atoms with van der Waals surface area (Å²) in [5.74, 6) is -0.404. The Hall–Kier alpha value is -2.40. The molecule has 0 aliphatic carbocycles. The number of nitro benzene ring substituents is 1. The average molecular weight is 474 g/mol. The maximum Gasteiger partial charge on any atom is 0.310 e. The molecule has 0 bridgehead atoms. The van der Waals surface area contributed by atoms with Crippen LogP contribution in [0.15, 0.2) is 47.4 Å². The van der Waals surface area contributed by atoms with Gasteiger partial charge in [0.05, 0.1) is 9.95 Å². The first-order chi connectivity index (χ1) is 14.2. The number of piperazine rings is 1. The topological polar surface area (TPSA) is 110 Å². The Balaban J connectivity index is 1.61. The predicted molar refractivity (Wildman–Crippen MR) is 110 cm³/mol. The fourth-order valence-electron chi connectivity index (χ4n) is 2.95. The van der Waals surface area contributed by atoms with E-state index in [1.165, 1.54) is 45.6 Å². The van der Waals surface area contributed by atoms with Crippen LogP contribution in [-0.2, 0) is 14.8 Å². The standard InChI is InChI=1S/C18H17Cl2N3O6S/c19-13-5-6-14(20)17(11-13)30(27,28)22-9-7-21(8-10-22)18(24)12-29-16-4-2-1-3-15(16)23(25)26/h1-6,11H,7-10,12H2. The van der Waals surface area contributed by atoms with Gasteiger partial charge >= 0.3 is 5.69 Å². The van der Waals surface area contributed by atoms with E-state index in [1.54, 1.807) is 6.07 Å². The summed E-state index contributed by atoms with van der Waals surface area (Å²) in [6.45, 7) is 0.0511. The molecule has 1 amide bonds. The zero-order valence-corrected chi connectivity index (χ0v) is 17.9. The van der Waals surface area contributed by atoms with E-state index in [1.807, 2.05) is 0 Å². The van der Waals surface area contributed by atoms with Crippen LogP contribution >= 0.6 is 23.2 Å². The molecule has 0 saturated carbocycles. The largest absolute Gasteiger partial charge is 0.477 e. The number of amides is 1.